The summed E-state index contributed by atoms with van der Waals surface area (Å²) in [6, 6.07) is 10.5. The molecule has 0 atom stereocenters. The number of anilines is 2. The van der Waals surface area contributed by atoms with Gasteiger partial charge in [0.25, 0.3) is 10.0 Å². The molecule has 0 radical (unpaired) electrons. The van der Waals surface area contributed by atoms with E-state index in [4.69, 9.17) is 0 Å². The minimum Gasteiger partial charge on any atom is -0.367 e. The van der Waals surface area contributed by atoms with Crippen molar-refractivity contribution in [3.8, 4) is 0 Å². The van der Waals surface area contributed by atoms with Crippen LogP contribution in [-0.4, -0.2) is 19.4 Å². The molecule has 0 unspecified atom stereocenters. The minimum absolute atomic E-state index is 0.217. The number of benzene rings is 1. The lowest BCUT2D eigenvalue weighted by Crippen LogP contribution is -2.16. The van der Waals surface area contributed by atoms with Gasteiger partial charge >= 0.3 is 0 Å². The Labute approximate surface area is 144 Å². The molecule has 0 bridgehead atoms. The number of aromatic nitrogens is 1. The summed E-state index contributed by atoms with van der Waals surface area (Å²) in [5.74, 6) is 0.781. The zero-order valence-electron chi connectivity index (χ0n) is 12.5. The first-order valence-electron chi connectivity index (χ1n) is 7.54. The third-order valence-electron chi connectivity index (χ3n) is 3.85. The summed E-state index contributed by atoms with van der Waals surface area (Å²) in [7, 11) is -3.60. The molecule has 1 heterocycles. The monoisotopic (exact) mass is 395 g/mol. The Kier molecular flexibility index (Phi) is 4.87. The summed E-state index contributed by atoms with van der Waals surface area (Å²) in [4.78, 5) is 4.51. The second-order valence-electron chi connectivity index (χ2n) is 5.62. The van der Waals surface area contributed by atoms with Gasteiger partial charge in [0.05, 0.1) is 16.8 Å². The molecule has 1 fully saturated rings. The van der Waals surface area contributed by atoms with Crippen molar-refractivity contribution in [1.82, 2.24) is 4.98 Å². The molecule has 5 nitrogen and oxygen atoms in total. The van der Waals surface area contributed by atoms with E-state index in [1.165, 1.54) is 31.9 Å². The summed E-state index contributed by atoms with van der Waals surface area (Å²) in [6.45, 7) is 0. The van der Waals surface area contributed by atoms with Crippen molar-refractivity contribution in [1.29, 1.82) is 0 Å². The molecule has 1 aliphatic carbocycles. The highest BCUT2D eigenvalue weighted by molar-refractivity contribution is 9.10. The van der Waals surface area contributed by atoms with Crippen molar-refractivity contribution >= 4 is 37.5 Å². The van der Waals surface area contributed by atoms with Crippen molar-refractivity contribution in [2.45, 2.75) is 36.6 Å². The number of halogens is 1. The van der Waals surface area contributed by atoms with Gasteiger partial charge in [-0.25, -0.2) is 13.4 Å². The third kappa shape index (κ3) is 4.23. The zero-order valence-corrected chi connectivity index (χ0v) is 14.9. The summed E-state index contributed by atoms with van der Waals surface area (Å²) in [6.07, 6.45) is 6.37. The number of hydrogen-bond donors (Lipinski definition) is 2. The lowest BCUT2D eigenvalue weighted by atomic mass is 10.2. The van der Waals surface area contributed by atoms with Gasteiger partial charge in [-0.1, -0.05) is 28.8 Å². The van der Waals surface area contributed by atoms with Gasteiger partial charge in [0.1, 0.15) is 5.82 Å². The van der Waals surface area contributed by atoms with Crippen LogP contribution in [0.15, 0.2) is 52.0 Å². The number of rotatable bonds is 5. The molecule has 0 amide bonds. The molecule has 2 N–H and O–H groups in total. The van der Waals surface area contributed by atoms with Gasteiger partial charge in [0, 0.05) is 10.5 Å². The van der Waals surface area contributed by atoms with Crippen LogP contribution in [0.2, 0.25) is 0 Å². The smallest absolute Gasteiger partial charge is 0.261 e. The summed E-state index contributed by atoms with van der Waals surface area (Å²) >= 11 is 3.29. The normalized spacial score (nSPS) is 15.5. The Morgan fingerprint density at radius 3 is 2.35 bits per heavy atom. The van der Waals surface area contributed by atoms with Crippen LogP contribution in [0.25, 0.3) is 0 Å². The average molecular weight is 396 g/mol. The second-order valence-corrected chi connectivity index (χ2v) is 8.22. The lowest BCUT2D eigenvalue weighted by molar-refractivity contribution is 0.601. The van der Waals surface area contributed by atoms with Crippen LogP contribution in [0, 0.1) is 0 Å². The van der Waals surface area contributed by atoms with E-state index in [9.17, 15) is 8.42 Å². The molecule has 2 aromatic rings. The Balaban J connectivity index is 1.68. The highest BCUT2D eigenvalue weighted by atomic mass is 79.9. The van der Waals surface area contributed by atoms with Gasteiger partial charge in [-0.15, -0.1) is 0 Å². The molecule has 7 heteroatoms. The molecule has 1 aliphatic rings. The standard InChI is InChI=1S/C16H18BrN3O2S/c17-12-5-8-15(9-6-12)23(21,22)20-14-7-10-16(18-11-14)19-13-3-1-2-4-13/h5-11,13,20H,1-4H2,(H,18,19). The maximum Gasteiger partial charge on any atom is 0.261 e. The van der Waals surface area contributed by atoms with E-state index in [-0.39, 0.29) is 4.90 Å². The molecule has 23 heavy (non-hydrogen) atoms. The van der Waals surface area contributed by atoms with Crippen LogP contribution in [0.4, 0.5) is 11.5 Å². The molecule has 0 spiro atoms. The van der Waals surface area contributed by atoms with E-state index in [1.807, 2.05) is 0 Å². The van der Waals surface area contributed by atoms with Gasteiger partial charge in [0.2, 0.25) is 0 Å². The van der Waals surface area contributed by atoms with Gasteiger partial charge in [-0.3, -0.25) is 4.72 Å². The Morgan fingerprint density at radius 1 is 1.04 bits per heavy atom. The zero-order chi connectivity index (χ0) is 16.3. The van der Waals surface area contributed by atoms with E-state index in [0.29, 0.717) is 11.7 Å². The molecule has 1 aromatic carbocycles. The predicted molar refractivity (Wildman–Crippen MR) is 95.1 cm³/mol. The topological polar surface area (TPSA) is 71.1 Å². The maximum absolute atomic E-state index is 12.3. The molecule has 1 aromatic heterocycles. The van der Waals surface area contributed by atoms with Gasteiger partial charge < -0.3 is 5.32 Å². The van der Waals surface area contributed by atoms with Crippen molar-refractivity contribution < 1.29 is 8.42 Å². The number of nitrogens with one attached hydrogen (secondary N) is 2. The number of hydrogen-bond acceptors (Lipinski definition) is 4. The molecule has 1 saturated carbocycles. The summed E-state index contributed by atoms with van der Waals surface area (Å²) < 4.78 is 28.0. The van der Waals surface area contributed by atoms with Gasteiger partial charge in [-0.05, 0) is 49.2 Å². The van der Waals surface area contributed by atoms with Crippen LogP contribution in [0.3, 0.4) is 0 Å². The first-order valence-corrected chi connectivity index (χ1v) is 9.81. The van der Waals surface area contributed by atoms with E-state index in [0.717, 1.165) is 10.3 Å². The summed E-state index contributed by atoms with van der Waals surface area (Å²) in [5.41, 5.74) is 0.449. The van der Waals surface area contributed by atoms with Crippen molar-refractivity contribution in [2.75, 3.05) is 10.0 Å². The van der Waals surface area contributed by atoms with Crippen molar-refractivity contribution in [2.24, 2.45) is 0 Å². The van der Waals surface area contributed by atoms with Crippen molar-refractivity contribution in [3.05, 3.63) is 47.1 Å². The fraction of sp³-hybridized carbons (Fsp3) is 0.312. The minimum atomic E-state index is -3.60. The first kappa shape index (κ1) is 16.3. The molecule has 122 valence electrons. The van der Waals surface area contributed by atoms with Crippen LogP contribution in [0.1, 0.15) is 25.7 Å². The lowest BCUT2D eigenvalue weighted by Gasteiger charge is -2.13. The number of nitrogens with zero attached hydrogens (tertiary/aromatic N) is 1. The van der Waals surface area contributed by atoms with E-state index >= 15 is 0 Å². The largest absolute Gasteiger partial charge is 0.367 e. The first-order chi connectivity index (χ1) is 11.0. The maximum atomic E-state index is 12.3. The van der Waals surface area contributed by atoms with Crippen LogP contribution < -0.4 is 10.0 Å². The predicted octanol–water partition coefficient (Wildman–Crippen LogP) is 4.00. The highest BCUT2D eigenvalue weighted by Gasteiger charge is 2.16. The van der Waals surface area contributed by atoms with Crippen LogP contribution in [0.5, 0.6) is 0 Å². The van der Waals surface area contributed by atoms with Crippen LogP contribution in [-0.2, 0) is 10.0 Å². The third-order valence-corrected chi connectivity index (χ3v) is 5.77. The average Bonchev–Trinajstić information content (AvgIpc) is 3.02. The molecule has 0 aliphatic heterocycles. The second kappa shape index (κ2) is 6.88. The van der Waals surface area contributed by atoms with E-state index < -0.39 is 10.0 Å². The SMILES string of the molecule is O=S(=O)(Nc1ccc(NC2CCCC2)nc1)c1ccc(Br)cc1. The quantitative estimate of drug-likeness (QED) is 0.802. The Morgan fingerprint density at radius 2 is 1.74 bits per heavy atom. The van der Waals surface area contributed by atoms with Gasteiger partial charge in [0.15, 0.2) is 0 Å². The van der Waals surface area contributed by atoms with E-state index in [1.54, 1.807) is 36.4 Å². The number of pyridine rings is 1. The Hall–Kier alpha value is -1.60. The van der Waals surface area contributed by atoms with Crippen molar-refractivity contribution in [3.63, 3.8) is 0 Å². The number of sulfonamides is 1. The fourth-order valence-electron chi connectivity index (χ4n) is 2.65. The molecule has 0 saturated heterocycles. The van der Waals surface area contributed by atoms with Gasteiger partial charge in [-0.2, -0.15) is 0 Å². The van der Waals surface area contributed by atoms with Crippen LogP contribution >= 0.6 is 15.9 Å². The van der Waals surface area contributed by atoms with E-state index in [2.05, 4.69) is 31.0 Å². The summed E-state index contributed by atoms with van der Waals surface area (Å²) in [5, 5.41) is 3.38. The molecular weight excluding hydrogens is 378 g/mol. The molecular formula is C16H18BrN3O2S. The fourth-order valence-corrected chi connectivity index (χ4v) is 3.95. The molecule has 3 rings (SSSR count). The highest BCUT2D eigenvalue weighted by Crippen LogP contribution is 2.22. The Bertz CT molecular complexity index is 755.